The SMILES string of the molecule is CC(C)C(C)(C(=O)O)C(=O)NC1CC1. The van der Waals surface area contributed by atoms with Crippen LogP contribution in [0.1, 0.15) is 33.6 Å². The summed E-state index contributed by atoms with van der Waals surface area (Å²) >= 11 is 0. The van der Waals surface area contributed by atoms with Crippen LogP contribution in [0, 0.1) is 11.3 Å². The van der Waals surface area contributed by atoms with Crippen LogP contribution in [0.25, 0.3) is 0 Å². The summed E-state index contributed by atoms with van der Waals surface area (Å²) in [4.78, 5) is 22.8. The number of hydrogen-bond acceptors (Lipinski definition) is 2. The van der Waals surface area contributed by atoms with Crippen LogP contribution in [0.3, 0.4) is 0 Å². The number of nitrogens with one attached hydrogen (secondary N) is 1. The third-order valence-corrected chi connectivity index (χ3v) is 2.98. The van der Waals surface area contributed by atoms with E-state index in [0.29, 0.717) is 0 Å². The normalized spacial score (nSPS) is 20.3. The van der Waals surface area contributed by atoms with E-state index >= 15 is 0 Å². The molecule has 14 heavy (non-hydrogen) atoms. The quantitative estimate of drug-likeness (QED) is 0.664. The zero-order valence-corrected chi connectivity index (χ0v) is 8.83. The summed E-state index contributed by atoms with van der Waals surface area (Å²) in [7, 11) is 0. The average Bonchev–Trinajstić information content (AvgIpc) is 2.85. The fraction of sp³-hybridized carbons (Fsp3) is 0.800. The molecule has 1 rings (SSSR count). The lowest BCUT2D eigenvalue weighted by Crippen LogP contribution is -2.48. The molecule has 0 bridgehead atoms. The molecule has 0 aliphatic heterocycles. The summed E-state index contributed by atoms with van der Waals surface area (Å²) in [6.45, 7) is 4.99. The molecular weight excluding hydrogens is 182 g/mol. The van der Waals surface area contributed by atoms with Crippen LogP contribution < -0.4 is 5.32 Å². The van der Waals surface area contributed by atoms with Gasteiger partial charge in [0.05, 0.1) is 0 Å². The smallest absolute Gasteiger partial charge is 0.319 e. The van der Waals surface area contributed by atoms with Gasteiger partial charge in [-0.1, -0.05) is 13.8 Å². The van der Waals surface area contributed by atoms with Gasteiger partial charge in [0.1, 0.15) is 5.41 Å². The molecule has 1 aliphatic carbocycles. The second-order valence-corrected chi connectivity index (χ2v) is 4.41. The maximum absolute atomic E-state index is 11.7. The van der Waals surface area contributed by atoms with Crippen molar-refractivity contribution in [1.82, 2.24) is 5.32 Å². The van der Waals surface area contributed by atoms with Crippen molar-refractivity contribution in [1.29, 1.82) is 0 Å². The van der Waals surface area contributed by atoms with E-state index < -0.39 is 11.4 Å². The van der Waals surface area contributed by atoms with E-state index in [2.05, 4.69) is 5.32 Å². The minimum Gasteiger partial charge on any atom is -0.480 e. The fourth-order valence-electron chi connectivity index (χ4n) is 1.17. The number of hydrogen-bond donors (Lipinski definition) is 2. The lowest BCUT2D eigenvalue weighted by atomic mass is 9.78. The van der Waals surface area contributed by atoms with E-state index in [0.717, 1.165) is 12.8 Å². The highest BCUT2D eigenvalue weighted by atomic mass is 16.4. The van der Waals surface area contributed by atoms with Gasteiger partial charge in [-0.05, 0) is 25.7 Å². The molecule has 0 radical (unpaired) electrons. The Morgan fingerprint density at radius 2 is 1.93 bits per heavy atom. The highest BCUT2D eigenvalue weighted by Gasteiger charge is 2.45. The van der Waals surface area contributed by atoms with Gasteiger partial charge in [-0.25, -0.2) is 0 Å². The van der Waals surface area contributed by atoms with E-state index in [1.807, 2.05) is 0 Å². The van der Waals surface area contributed by atoms with E-state index in [1.54, 1.807) is 13.8 Å². The maximum Gasteiger partial charge on any atom is 0.319 e. The van der Waals surface area contributed by atoms with E-state index in [1.165, 1.54) is 6.92 Å². The van der Waals surface area contributed by atoms with Crippen LogP contribution in [-0.2, 0) is 9.59 Å². The molecular formula is C10H17NO3. The standard InChI is InChI=1S/C10H17NO3/c1-6(2)10(3,9(13)14)8(12)11-7-4-5-7/h6-7H,4-5H2,1-3H3,(H,11,12)(H,13,14). The largest absolute Gasteiger partial charge is 0.480 e. The van der Waals surface area contributed by atoms with Crippen LogP contribution >= 0.6 is 0 Å². The number of carboxylic acids is 1. The summed E-state index contributed by atoms with van der Waals surface area (Å²) in [5, 5.41) is 11.8. The zero-order chi connectivity index (χ0) is 10.9. The first-order valence-electron chi connectivity index (χ1n) is 4.93. The summed E-state index contributed by atoms with van der Waals surface area (Å²) < 4.78 is 0. The number of rotatable bonds is 4. The monoisotopic (exact) mass is 199 g/mol. The van der Waals surface area contributed by atoms with Gasteiger partial charge in [0, 0.05) is 6.04 Å². The van der Waals surface area contributed by atoms with Crippen molar-refractivity contribution in [2.45, 2.75) is 39.7 Å². The van der Waals surface area contributed by atoms with Gasteiger partial charge in [-0.15, -0.1) is 0 Å². The van der Waals surface area contributed by atoms with Gasteiger partial charge in [-0.3, -0.25) is 9.59 Å². The van der Waals surface area contributed by atoms with Crippen LogP contribution in [0.5, 0.6) is 0 Å². The summed E-state index contributed by atoms with van der Waals surface area (Å²) in [6, 6.07) is 0.208. The number of carboxylic acid groups (broad SMARTS) is 1. The van der Waals surface area contributed by atoms with Crippen molar-refractivity contribution in [2.75, 3.05) is 0 Å². The van der Waals surface area contributed by atoms with Crippen molar-refractivity contribution in [3.63, 3.8) is 0 Å². The molecule has 1 unspecified atom stereocenters. The molecule has 0 aromatic heterocycles. The van der Waals surface area contributed by atoms with E-state index in [-0.39, 0.29) is 17.9 Å². The van der Waals surface area contributed by atoms with Crippen LogP contribution in [-0.4, -0.2) is 23.0 Å². The van der Waals surface area contributed by atoms with Crippen molar-refractivity contribution in [2.24, 2.45) is 11.3 Å². The average molecular weight is 199 g/mol. The molecule has 0 aromatic rings. The summed E-state index contributed by atoms with van der Waals surface area (Å²) in [5.74, 6) is -1.62. The van der Waals surface area contributed by atoms with Crippen molar-refractivity contribution < 1.29 is 14.7 Å². The minimum atomic E-state index is -1.30. The van der Waals surface area contributed by atoms with Crippen molar-refractivity contribution >= 4 is 11.9 Å². The Bertz CT molecular complexity index is 258. The molecule has 0 spiro atoms. The lowest BCUT2D eigenvalue weighted by molar-refractivity contribution is -0.157. The van der Waals surface area contributed by atoms with Gasteiger partial charge < -0.3 is 10.4 Å². The lowest BCUT2D eigenvalue weighted by Gasteiger charge is -2.27. The molecule has 1 aliphatic rings. The van der Waals surface area contributed by atoms with Crippen molar-refractivity contribution in [3.05, 3.63) is 0 Å². The Hall–Kier alpha value is -1.06. The van der Waals surface area contributed by atoms with Gasteiger partial charge in [0.25, 0.3) is 0 Å². The Morgan fingerprint density at radius 3 is 2.21 bits per heavy atom. The van der Waals surface area contributed by atoms with Crippen LogP contribution in [0.15, 0.2) is 0 Å². The highest BCUT2D eigenvalue weighted by molar-refractivity contribution is 6.01. The van der Waals surface area contributed by atoms with E-state index in [4.69, 9.17) is 5.11 Å². The Labute approximate surface area is 83.7 Å². The molecule has 0 aromatic carbocycles. The Morgan fingerprint density at radius 1 is 1.43 bits per heavy atom. The molecule has 1 atom stereocenters. The van der Waals surface area contributed by atoms with Gasteiger partial charge >= 0.3 is 5.97 Å². The number of aliphatic carboxylic acids is 1. The highest BCUT2D eigenvalue weighted by Crippen LogP contribution is 2.29. The molecule has 4 heteroatoms. The summed E-state index contributed by atoms with van der Waals surface area (Å²) in [5.41, 5.74) is -1.30. The first kappa shape index (κ1) is 11.0. The zero-order valence-electron chi connectivity index (χ0n) is 8.83. The predicted molar refractivity (Wildman–Crippen MR) is 51.7 cm³/mol. The maximum atomic E-state index is 11.7. The minimum absolute atomic E-state index is 0.208. The molecule has 4 nitrogen and oxygen atoms in total. The topological polar surface area (TPSA) is 66.4 Å². The number of carbonyl (C=O) groups is 2. The third-order valence-electron chi connectivity index (χ3n) is 2.98. The van der Waals surface area contributed by atoms with Crippen molar-refractivity contribution in [3.8, 4) is 0 Å². The first-order chi connectivity index (χ1) is 6.39. The second kappa shape index (κ2) is 3.59. The first-order valence-corrected chi connectivity index (χ1v) is 4.93. The van der Waals surface area contributed by atoms with E-state index in [9.17, 15) is 9.59 Å². The number of amides is 1. The molecule has 1 amide bonds. The Kier molecular flexibility index (Phi) is 2.83. The molecule has 0 heterocycles. The molecule has 1 fully saturated rings. The second-order valence-electron chi connectivity index (χ2n) is 4.41. The predicted octanol–water partition coefficient (Wildman–Crippen LogP) is 1.01. The molecule has 1 saturated carbocycles. The van der Waals surface area contributed by atoms with Gasteiger partial charge in [-0.2, -0.15) is 0 Å². The molecule has 80 valence electrons. The summed E-state index contributed by atoms with van der Waals surface area (Å²) in [6.07, 6.45) is 1.94. The number of carbonyl (C=O) groups excluding carboxylic acids is 1. The molecule has 0 saturated heterocycles. The van der Waals surface area contributed by atoms with Gasteiger partial charge in [0.2, 0.25) is 5.91 Å². The van der Waals surface area contributed by atoms with Gasteiger partial charge in [0.15, 0.2) is 0 Å². The van der Waals surface area contributed by atoms with Crippen LogP contribution in [0.2, 0.25) is 0 Å². The molecule has 2 N–H and O–H groups in total. The Balaban J connectivity index is 2.74. The fourth-order valence-corrected chi connectivity index (χ4v) is 1.17. The van der Waals surface area contributed by atoms with Crippen LogP contribution in [0.4, 0.5) is 0 Å². The third kappa shape index (κ3) is 1.89.